The zero-order valence-corrected chi connectivity index (χ0v) is 7.47. The van der Waals surface area contributed by atoms with Gasteiger partial charge >= 0.3 is 0 Å². The van der Waals surface area contributed by atoms with E-state index in [4.69, 9.17) is 0 Å². The van der Waals surface area contributed by atoms with Gasteiger partial charge in [0.05, 0.1) is 11.4 Å². The van der Waals surface area contributed by atoms with Crippen LogP contribution in [-0.2, 0) is 9.84 Å². The number of hydrogen-bond acceptors (Lipinski definition) is 3. The Balaban J connectivity index is 2.92. The van der Waals surface area contributed by atoms with Crippen molar-refractivity contribution in [2.24, 2.45) is 0 Å². The van der Waals surface area contributed by atoms with Crippen LogP contribution in [0.1, 0.15) is 5.69 Å². The molecule has 2 rings (SSSR count). The number of rotatable bonds is 0. The van der Waals surface area contributed by atoms with Gasteiger partial charge in [-0.05, 0) is 6.08 Å². The van der Waals surface area contributed by atoms with E-state index >= 15 is 0 Å². The highest BCUT2D eigenvalue weighted by molar-refractivity contribution is 7.91. The van der Waals surface area contributed by atoms with Crippen LogP contribution in [0.3, 0.4) is 0 Å². The van der Waals surface area contributed by atoms with Crippen molar-refractivity contribution in [3.05, 3.63) is 34.3 Å². The minimum Gasteiger partial charge on any atom is -0.360 e. The van der Waals surface area contributed by atoms with Crippen molar-refractivity contribution in [1.82, 2.24) is 4.98 Å². The van der Waals surface area contributed by atoms with Gasteiger partial charge in [0, 0.05) is 12.3 Å². The van der Waals surface area contributed by atoms with Crippen LogP contribution in [0.4, 0.5) is 0 Å². The van der Waals surface area contributed by atoms with Crippen LogP contribution >= 0.6 is 0 Å². The molecule has 0 unspecified atom stereocenters. The van der Waals surface area contributed by atoms with E-state index < -0.39 is 15.3 Å². The molecule has 4 nitrogen and oxygen atoms in total. The number of fused-ring (bicyclic) bond motifs is 1. The van der Waals surface area contributed by atoms with Gasteiger partial charge in [-0.2, -0.15) is 0 Å². The molecule has 0 saturated heterocycles. The number of pyridine rings is 1. The predicted molar refractivity (Wildman–Crippen MR) is 48.1 cm³/mol. The third kappa shape index (κ3) is 1.21. The van der Waals surface area contributed by atoms with Crippen molar-refractivity contribution < 1.29 is 8.42 Å². The van der Waals surface area contributed by atoms with Gasteiger partial charge < -0.3 is 4.98 Å². The molecular formula is C8H7NO3S. The van der Waals surface area contributed by atoms with Crippen molar-refractivity contribution in [3.8, 4) is 0 Å². The summed E-state index contributed by atoms with van der Waals surface area (Å²) in [5, 5.41) is 0. The normalized spacial score (nSPS) is 18.2. The summed E-state index contributed by atoms with van der Waals surface area (Å²) in [7, 11) is -3.40. The number of aromatic nitrogens is 1. The lowest BCUT2D eigenvalue weighted by Crippen LogP contribution is -2.20. The SMILES string of the molecule is O=c1cc[nH]c2c1S(=O)(=O)CC=C2. The highest BCUT2D eigenvalue weighted by Crippen LogP contribution is 2.16. The summed E-state index contributed by atoms with van der Waals surface area (Å²) in [6, 6.07) is 1.22. The van der Waals surface area contributed by atoms with E-state index in [1.807, 2.05) is 0 Å². The Hall–Kier alpha value is -1.36. The van der Waals surface area contributed by atoms with Gasteiger partial charge in [0.15, 0.2) is 9.84 Å². The van der Waals surface area contributed by atoms with E-state index in [0.29, 0.717) is 5.69 Å². The van der Waals surface area contributed by atoms with Gasteiger partial charge in [0.1, 0.15) is 4.90 Å². The van der Waals surface area contributed by atoms with Gasteiger partial charge in [-0.1, -0.05) is 6.08 Å². The molecule has 1 N–H and O–H groups in total. The summed E-state index contributed by atoms with van der Waals surface area (Å²) in [4.78, 5) is 13.9. The molecule has 1 aliphatic rings. The molecule has 1 aromatic rings. The molecule has 0 aromatic carbocycles. The van der Waals surface area contributed by atoms with Crippen LogP contribution in [0.15, 0.2) is 28.0 Å². The zero-order valence-electron chi connectivity index (χ0n) is 6.65. The first-order chi connectivity index (χ1) is 6.11. The van der Waals surface area contributed by atoms with Crippen LogP contribution in [0.2, 0.25) is 0 Å². The summed E-state index contributed by atoms with van der Waals surface area (Å²) in [6.07, 6.45) is 4.57. The second kappa shape index (κ2) is 2.56. The Kier molecular flexibility index (Phi) is 1.63. The third-order valence-electron chi connectivity index (χ3n) is 1.85. The number of nitrogens with one attached hydrogen (secondary N) is 1. The fourth-order valence-corrected chi connectivity index (χ4v) is 2.65. The standard InChI is InChI=1S/C8H7NO3S/c10-7-3-4-9-6-2-1-5-13(11,12)8(6)7/h1-4H,5H2,(H,9,10). The number of H-pyrrole nitrogens is 1. The zero-order chi connectivity index (χ0) is 9.47. The Morgan fingerprint density at radius 2 is 2.15 bits per heavy atom. The molecule has 68 valence electrons. The average molecular weight is 197 g/mol. The lowest BCUT2D eigenvalue weighted by atomic mass is 10.3. The quantitative estimate of drug-likeness (QED) is 0.645. The Morgan fingerprint density at radius 3 is 2.85 bits per heavy atom. The smallest absolute Gasteiger partial charge is 0.200 e. The second-order valence-electron chi connectivity index (χ2n) is 2.77. The summed E-state index contributed by atoms with van der Waals surface area (Å²) < 4.78 is 22.8. The molecule has 0 fully saturated rings. The van der Waals surface area contributed by atoms with Gasteiger partial charge in [0.25, 0.3) is 0 Å². The lowest BCUT2D eigenvalue weighted by Gasteiger charge is -2.08. The van der Waals surface area contributed by atoms with Crippen molar-refractivity contribution in [2.75, 3.05) is 5.75 Å². The second-order valence-corrected chi connectivity index (χ2v) is 4.74. The Morgan fingerprint density at radius 1 is 1.38 bits per heavy atom. The maximum absolute atomic E-state index is 11.4. The number of aromatic amines is 1. The fourth-order valence-electron chi connectivity index (χ4n) is 1.30. The van der Waals surface area contributed by atoms with E-state index in [1.165, 1.54) is 18.3 Å². The van der Waals surface area contributed by atoms with Gasteiger partial charge in [-0.15, -0.1) is 0 Å². The molecule has 1 aliphatic heterocycles. The van der Waals surface area contributed by atoms with E-state index in [-0.39, 0.29) is 10.6 Å². The molecule has 13 heavy (non-hydrogen) atoms. The first kappa shape index (κ1) is 8.25. The topological polar surface area (TPSA) is 67.0 Å². The minimum atomic E-state index is -3.40. The molecule has 0 saturated carbocycles. The molecule has 0 bridgehead atoms. The first-order valence-electron chi connectivity index (χ1n) is 3.72. The number of hydrogen-bond donors (Lipinski definition) is 1. The number of sulfone groups is 1. The molecular weight excluding hydrogens is 190 g/mol. The van der Waals surface area contributed by atoms with Crippen LogP contribution in [-0.4, -0.2) is 19.2 Å². The molecule has 1 aromatic heterocycles. The summed E-state index contributed by atoms with van der Waals surface area (Å²) in [6.45, 7) is 0. The van der Waals surface area contributed by atoms with Gasteiger partial charge in [0.2, 0.25) is 5.43 Å². The van der Waals surface area contributed by atoms with Crippen molar-refractivity contribution in [1.29, 1.82) is 0 Å². The Labute approximate surface area is 74.8 Å². The predicted octanol–water partition coefficient (Wildman–Crippen LogP) is 0.175. The average Bonchev–Trinajstić information content (AvgIpc) is 2.02. The largest absolute Gasteiger partial charge is 0.360 e. The highest BCUT2D eigenvalue weighted by Gasteiger charge is 2.23. The van der Waals surface area contributed by atoms with Crippen LogP contribution in [0, 0.1) is 0 Å². The lowest BCUT2D eigenvalue weighted by molar-refractivity contribution is 0.597. The molecule has 0 radical (unpaired) electrons. The molecule has 2 heterocycles. The molecule has 0 spiro atoms. The first-order valence-corrected chi connectivity index (χ1v) is 5.37. The summed E-state index contributed by atoms with van der Waals surface area (Å²) in [5.41, 5.74) is -0.0724. The molecule has 0 amide bonds. The summed E-state index contributed by atoms with van der Waals surface area (Å²) in [5.74, 6) is -0.0902. The van der Waals surface area contributed by atoms with E-state index in [9.17, 15) is 13.2 Å². The van der Waals surface area contributed by atoms with Crippen LogP contribution in [0.25, 0.3) is 6.08 Å². The molecule has 0 atom stereocenters. The molecule has 5 heteroatoms. The maximum Gasteiger partial charge on any atom is 0.200 e. The molecule has 0 aliphatic carbocycles. The van der Waals surface area contributed by atoms with Crippen molar-refractivity contribution >= 4 is 15.9 Å². The van der Waals surface area contributed by atoms with Gasteiger partial charge in [-0.3, -0.25) is 4.79 Å². The van der Waals surface area contributed by atoms with Crippen LogP contribution < -0.4 is 5.43 Å². The third-order valence-corrected chi connectivity index (χ3v) is 3.53. The van der Waals surface area contributed by atoms with E-state index in [0.717, 1.165) is 0 Å². The maximum atomic E-state index is 11.4. The van der Waals surface area contributed by atoms with E-state index in [2.05, 4.69) is 4.98 Å². The van der Waals surface area contributed by atoms with Crippen molar-refractivity contribution in [3.63, 3.8) is 0 Å². The van der Waals surface area contributed by atoms with Crippen molar-refractivity contribution in [2.45, 2.75) is 4.90 Å². The van der Waals surface area contributed by atoms with E-state index in [1.54, 1.807) is 6.08 Å². The highest BCUT2D eigenvalue weighted by atomic mass is 32.2. The Bertz CT molecular complexity index is 525. The monoisotopic (exact) mass is 197 g/mol. The van der Waals surface area contributed by atoms with Gasteiger partial charge in [-0.25, -0.2) is 8.42 Å². The minimum absolute atomic E-state index is 0.0902. The summed E-state index contributed by atoms with van der Waals surface area (Å²) >= 11 is 0. The van der Waals surface area contributed by atoms with Crippen LogP contribution in [0.5, 0.6) is 0 Å². The fraction of sp³-hybridized carbons (Fsp3) is 0.125.